The van der Waals surface area contributed by atoms with Crippen LogP contribution < -0.4 is 10.6 Å². The molecule has 0 saturated carbocycles. The van der Waals surface area contributed by atoms with Gasteiger partial charge in [0.05, 0.1) is 0 Å². The lowest BCUT2D eigenvalue weighted by Crippen LogP contribution is -2.15. The van der Waals surface area contributed by atoms with Gasteiger partial charge in [-0.3, -0.25) is 4.79 Å². The molecule has 0 saturated heterocycles. The van der Waals surface area contributed by atoms with E-state index in [1.54, 1.807) is 0 Å². The van der Waals surface area contributed by atoms with Gasteiger partial charge in [0.2, 0.25) is 0 Å². The molecule has 144 valence electrons. The first kappa shape index (κ1) is 19.9. The maximum atomic E-state index is 12.5. The van der Waals surface area contributed by atoms with Crippen molar-refractivity contribution >= 4 is 28.4 Å². The smallest absolute Gasteiger partial charge is 0.255 e. The maximum Gasteiger partial charge on any atom is 0.255 e. The molecule has 1 aliphatic heterocycles. The van der Waals surface area contributed by atoms with Crippen LogP contribution in [0.5, 0.6) is 0 Å². The Labute approximate surface area is 171 Å². The summed E-state index contributed by atoms with van der Waals surface area (Å²) in [6.07, 6.45) is 6.87. The number of carbonyl (C=O) groups excluding carboxylic acids is 1. The van der Waals surface area contributed by atoms with E-state index < -0.39 is 0 Å². The Morgan fingerprint density at radius 3 is 2.86 bits per heavy atom. The quantitative estimate of drug-likeness (QED) is 0.713. The fourth-order valence-electron chi connectivity index (χ4n) is 2.95. The van der Waals surface area contributed by atoms with Gasteiger partial charge < -0.3 is 10.6 Å². The van der Waals surface area contributed by atoms with Crippen LogP contribution in [0.3, 0.4) is 0 Å². The lowest BCUT2D eigenvalue weighted by molar-refractivity contribution is 0.102. The number of rotatable bonds is 5. The molecule has 0 fully saturated rings. The lowest BCUT2D eigenvalue weighted by Gasteiger charge is -2.13. The number of halogens is 1. The first-order chi connectivity index (χ1) is 13.5. The van der Waals surface area contributed by atoms with Gasteiger partial charge >= 0.3 is 0 Å². The number of nitrogens with one attached hydrogen (secondary N) is 2. The number of benzene rings is 2. The topological polar surface area (TPSA) is 53.5 Å². The molecule has 1 unspecified atom stereocenters. The van der Waals surface area contributed by atoms with Crippen LogP contribution >= 0.6 is 11.6 Å². The number of carbonyl (C=O) groups is 1. The normalized spacial score (nSPS) is 17.6. The molecule has 0 aliphatic carbocycles. The van der Waals surface area contributed by atoms with Gasteiger partial charge in [-0.05, 0) is 61.2 Å². The van der Waals surface area contributed by atoms with Crippen molar-refractivity contribution in [3.05, 3.63) is 89.3 Å². The van der Waals surface area contributed by atoms with Crippen molar-refractivity contribution in [3.8, 4) is 0 Å². The summed E-state index contributed by atoms with van der Waals surface area (Å²) in [7, 11) is 0. The van der Waals surface area contributed by atoms with Gasteiger partial charge in [-0.2, -0.15) is 0 Å². The Hall–Kier alpha value is -2.85. The van der Waals surface area contributed by atoms with Crippen LogP contribution in [-0.2, 0) is 6.54 Å². The van der Waals surface area contributed by atoms with E-state index in [1.807, 2.05) is 67.6 Å². The molecular formula is C23H24ClN3O. The Morgan fingerprint density at radius 2 is 2.04 bits per heavy atom. The van der Waals surface area contributed by atoms with E-state index in [9.17, 15) is 4.79 Å². The molecule has 0 bridgehead atoms. The molecule has 5 heteroatoms. The standard InChI is InChI=1S/C23H24ClN3O/c1-16-6-3-9-19(12-16)23(28)26-20-10-5-8-18(14-20)15-25-22-13-17(2)7-4-11-21(24)27-22/h3-6,8-14,17,25H,7,15H2,1-2H3,(H,26,28)/b11-4+,22-13?,27-21?. The van der Waals surface area contributed by atoms with Crippen LogP contribution in [0.4, 0.5) is 5.69 Å². The fourth-order valence-corrected chi connectivity index (χ4v) is 3.13. The molecule has 28 heavy (non-hydrogen) atoms. The van der Waals surface area contributed by atoms with Gasteiger partial charge in [-0.1, -0.05) is 54.4 Å². The van der Waals surface area contributed by atoms with Crippen LogP contribution in [0.1, 0.15) is 34.8 Å². The zero-order valence-corrected chi connectivity index (χ0v) is 16.8. The van der Waals surface area contributed by atoms with Crippen LogP contribution in [0, 0.1) is 12.8 Å². The SMILES string of the molecule is Cc1cccc(C(=O)Nc2cccc(CNC3=CC(C)C/C=C/C(Cl)=N3)c2)c1. The zero-order chi connectivity index (χ0) is 19.9. The second kappa shape index (κ2) is 9.38. The predicted octanol–water partition coefficient (Wildman–Crippen LogP) is 5.41. The molecule has 4 nitrogen and oxygen atoms in total. The van der Waals surface area contributed by atoms with Crippen molar-refractivity contribution < 1.29 is 4.79 Å². The summed E-state index contributed by atoms with van der Waals surface area (Å²) in [5, 5.41) is 6.75. The van der Waals surface area contributed by atoms with E-state index in [0.29, 0.717) is 23.2 Å². The third kappa shape index (κ3) is 5.83. The summed E-state index contributed by atoms with van der Waals surface area (Å²) < 4.78 is 0. The number of hydrogen-bond donors (Lipinski definition) is 2. The average molecular weight is 394 g/mol. The maximum absolute atomic E-state index is 12.5. The van der Waals surface area contributed by atoms with Crippen molar-refractivity contribution in [3.63, 3.8) is 0 Å². The van der Waals surface area contributed by atoms with Crippen LogP contribution in [0.2, 0.25) is 0 Å². The number of nitrogens with zero attached hydrogens (tertiary/aromatic N) is 1. The highest BCUT2D eigenvalue weighted by Crippen LogP contribution is 2.16. The predicted molar refractivity (Wildman–Crippen MR) is 117 cm³/mol. The molecule has 0 spiro atoms. The van der Waals surface area contributed by atoms with Crippen LogP contribution in [0.25, 0.3) is 0 Å². The van der Waals surface area contributed by atoms with Gasteiger partial charge in [-0.25, -0.2) is 4.99 Å². The summed E-state index contributed by atoms with van der Waals surface area (Å²) in [5.41, 5.74) is 3.50. The van der Waals surface area contributed by atoms with E-state index >= 15 is 0 Å². The molecule has 1 aliphatic rings. The van der Waals surface area contributed by atoms with Crippen molar-refractivity contribution in [2.45, 2.75) is 26.8 Å². The first-order valence-electron chi connectivity index (χ1n) is 9.33. The van der Waals surface area contributed by atoms with E-state index in [-0.39, 0.29) is 5.91 Å². The Kier molecular flexibility index (Phi) is 6.66. The summed E-state index contributed by atoms with van der Waals surface area (Å²) in [4.78, 5) is 16.8. The largest absolute Gasteiger partial charge is 0.366 e. The molecule has 1 heterocycles. The molecule has 2 aromatic rings. The summed E-state index contributed by atoms with van der Waals surface area (Å²) in [6, 6.07) is 15.3. The average Bonchev–Trinajstić information content (AvgIpc) is 2.65. The van der Waals surface area contributed by atoms with Crippen LogP contribution in [0.15, 0.2) is 77.6 Å². The van der Waals surface area contributed by atoms with Gasteiger partial charge in [0.1, 0.15) is 11.0 Å². The van der Waals surface area contributed by atoms with Crippen molar-refractivity contribution in [2.24, 2.45) is 10.9 Å². The van der Waals surface area contributed by atoms with E-state index in [4.69, 9.17) is 11.6 Å². The van der Waals surface area contributed by atoms with Gasteiger partial charge in [0.15, 0.2) is 0 Å². The van der Waals surface area contributed by atoms with Crippen molar-refractivity contribution in [1.29, 1.82) is 0 Å². The highest BCUT2D eigenvalue weighted by molar-refractivity contribution is 6.68. The number of aryl methyl sites for hydroxylation is 1. The molecular weight excluding hydrogens is 370 g/mol. The van der Waals surface area contributed by atoms with Crippen molar-refractivity contribution in [1.82, 2.24) is 5.32 Å². The second-order valence-corrected chi connectivity index (χ2v) is 7.37. The van der Waals surface area contributed by atoms with E-state index in [0.717, 1.165) is 29.1 Å². The Balaban J connectivity index is 1.66. The Morgan fingerprint density at radius 1 is 1.21 bits per heavy atom. The third-order valence-corrected chi connectivity index (χ3v) is 4.58. The number of amides is 1. The monoisotopic (exact) mass is 393 g/mol. The molecule has 2 aromatic carbocycles. The first-order valence-corrected chi connectivity index (χ1v) is 9.71. The Bertz CT molecular complexity index is 946. The van der Waals surface area contributed by atoms with Crippen LogP contribution in [-0.4, -0.2) is 11.1 Å². The number of allylic oxidation sites excluding steroid dienone is 3. The minimum absolute atomic E-state index is 0.117. The summed E-state index contributed by atoms with van der Waals surface area (Å²) in [6.45, 7) is 4.70. The summed E-state index contributed by atoms with van der Waals surface area (Å²) in [5.74, 6) is 1.02. The van der Waals surface area contributed by atoms with Gasteiger partial charge in [-0.15, -0.1) is 0 Å². The second-order valence-electron chi connectivity index (χ2n) is 6.98. The number of aliphatic imine (C=N–C) groups is 1. The van der Waals surface area contributed by atoms with Gasteiger partial charge in [0, 0.05) is 17.8 Å². The molecule has 2 N–H and O–H groups in total. The highest BCUT2D eigenvalue weighted by atomic mass is 35.5. The highest BCUT2D eigenvalue weighted by Gasteiger charge is 2.08. The molecule has 3 rings (SSSR count). The minimum atomic E-state index is -0.117. The molecule has 0 radical (unpaired) electrons. The fraction of sp³-hybridized carbons (Fsp3) is 0.217. The molecule has 0 aromatic heterocycles. The lowest BCUT2D eigenvalue weighted by atomic mass is 10.1. The summed E-state index contributed by atoms with van der Waals surface area (Å²) >= 11 is 6.10. The minimum Gasteiger partial charge on any atom is -0.366 e. The number of anilines is 1. The van der Waals surface area contributed by atoms with Crippen molar-refractivity contribution in [2.75, 3.05) is 5.32 Å². The third-order valence-electron chi connectivity index (χ3n) is 4.37. The zero-order valence-electron chi connectivity index (χ0n) is 16.1. The molecule has 1 amide bonds. The van der Waals surface area contributed by atoms with E-state index in [2.05, 4.69) is 28.6 Å². The van der Waals surface area contributed by atoms with Gasteiger partial charge in [0.25, 0.3) is 5.91 Å². The number of hydrogen-bond acceptors (Lipinski definition) is 3. The molecule has 1 atom stereocenters. The van der Waals surface area contributed by atoms with E-state index in [1.165, 1.54) is 0 Å².